The molecule has 0 atom stereocenters. The second kappa shape index (κ2) is 8.04. The van der Waals surface area contributed by atoms with Crippen LogP contribution in [0.25, 0.3) is 22.7 Å². The first-order chi connectivity index (χ1) is 14.1. The van der Waals surface area contributed by atoms with Gasteiger partial charge in [0.2, 0.25) is 0 Å². The summed E-state index contributed by atoms with van der Waals surface area (Å²) in [5.41, 5.74) is 6.71. The van der Waals surface area contributed by atoms with Crippen molar-refractivity contribution in [1.29, 1.82) is 5.26 Å². The third-order valence-corrected chi connectivity index (χ3v) is 4.73. The lowest BCUT2D eigenvalue weighted by atomic mass is 10.1. The molecule has 0 aliphatic rings. The van der Waals surface area contributed by atoms with Gasteiger partial charge < -0.3 is 9.72 Å². The molecule has 1 N–H and O–H groups in total. The second-order valence-corrected chi connectivity index (χ2v) is 7.12. The van der Waals surface area contributed by atoms with E-state index >= 15 is 0 Å². The molecule has 1 heterocycles. The summed E-state index contributed by atoms with van der Waals surface area (Å²) in [6.45, 7) is 4.62. The highest BCUT2D eigenvalue weighted by Gasteiger charge is 2.08. The zero-order valence-corrected chi connectivity index (χ0v) is 16.4. The Bertz CT molecular complexity index is 1210. The number of rotatable bonds is 5. The van der Waals surface area contributed by atoms with Crippen LogP contribution >= 0.6 is 0 Å². The fraction of sp³-hybridized carbons (Fsp3) is 0.120. The van der Waals surface area contributed by atoms with Crippen LogP contribution in [0.4, 0.5) is 0 Å². The van der Waals surface area contributed by atoms with E-state index in [4.69, 9.17) is 4.74 Å². The zero-order chi connectivity index (χ0) is 20.2. The number of hydrogen-bond acceptors (Lipinski definition) is 3. The number of ether oxygens (including phenoxy) is 1. The Kier molecular flexibility index (Phi) is 5.13. The van der Waals surface area contributed by atoms with Crippen molar-refractivity contribution in [3.63, 3.8) is 0 Å². The molecule has 29 heavy (non-hydrogen) atoms. The van der Waals surface area contributed by atoms with Crippen LogP contribution in [0.1, 0.15) is 28.1 Å². The summed E-state index contributed by atoms with van der Waals surface area (Å²) in [7, 11) is 0. The predicted octanol–water partition coefficient (Wildman–Crippen LogP) is 5.82. The van der Waals surface area contributed by atoms with Gasteiger partial charge in [0.1, 0.15) is 24.3 Å². The van der Waals surface area contributed by atoms with Crippen LogP contribution in [0.15, 0.2) is 66.7 Å². The van der Waals surface area contributed by atoms with Crippen molar-refractivity contribution in [1.82, 2.24) is 9.97 Å². The number of nitrogens with zero attached hydrogens (tertiary/aromatic N) is 2. The number of aryl methyl sites for hydroxylation is 2. The maximum Gasteiger partial charge on any atom is 0.149 e. The largest absolute Gasteiger partial charge is 0.489 e. The molecule has 0 unspecified atom stereocenters. The zero-order valence-electron chi connectivity index (χ0n) is 16.4. The number of benzene rings is 3. The van der Waals surface area contributed by atoms with Gasteiger partial charge >= 0.3 is 0 Å². The number of imidazole rings is 1. The summed E-state index contributed by atoms with van der Waals surface area (Å²) >= 11 is 0. The van der Waals surface area contributed by atoms with Crippen molar-refractivity contribution < 1.29 is 4.74 Å². The molecular weight excluding hydrogens is 358 g/mol. The van der Waals surface area contributed by atoms with Crippen LogP contribution < -0.4 is 4.74 Å². The maximum atomic E-state index is 9.60. The maximum absolute atomic E-state index is 9.60. The fourth-order valence-electron chi connectivity index (χ4n) is 3.08. The average molecular weight is 379 g/mol. The van der Waals surface area contributed by atoms with Gasteiger partial charge in [-0.1, -0.05) is 48.0 Å². The van der Waals surface area contributed by atoms with E-state index in [9.17, 15) is 5.26 Å². The normalized spacial score (nSPS) is 11.4. The Morgan fingerprint density at radius 1 is 1.00 bits per heavy atom. The molecule has 4 nitrogen and oxygen atoms in total. The van der Waals surface area contributed by atoms with E-state index in [-0.39, 0.29) is 0 Å². The van der Waals surface area contributed by atoms with E-state index in [1.165, 1.54) is 5.56 Å². The monoisotopic (exact) mass is 379 g/mol. The minimum atomic E-state index is 0.493. The Labute approximate surface area is 170 Å². The number of hydrogen-bond donors (Lipinski definition) is 1. The smallest absolute Gasteiger partial charge is 0.149 e. The summed E-state index contributed by atoms with van der Waals surface area (Å²) in [4.78, 5) is 7.77. The lowest BCUT2D eigenvalue weighted by molar-refractivity contribution is 0.306. The minimum Gasteiger partial charge on any atom is -0.489 e. The average Bonchev–Trinajstić information content (AvgIpc) is 3.15. The summed E-state index contributed by atoms with van der Waals surface area (Å²) < 4.78 is 5.85. The molecular formula is C25H21N3O. The summed E-state index contributed by atoms with van der Waals surface area (Å²) in [6, 6.07) is 24.2. The molecule has 4 aromatic rings. The first-order valence-corrected chi connectivity index (χ1v) is 9.48. The second-order valence-electron chi connectivity index (χ2n) is 7.12. The highest BCUT2D eigenvalue weighted by molar-refractivity contribution is 5.90. The topological polar surface area (TPSA) is 61.7 Å². The third kappa shape index (κ3) is 4.36. The van der Waals surface area contributed by atoms with E-state index in [2.05, 4.69) is 47.2 Å². The predicted molar refractivity (Wildman–Crippen MR) is 116 cm³/mol. The van der Waals surface area contributed by atoms with Gasteiger partial charge in [-0.25, -0.2) is 4.98 Å². The van der Waals surface area contributed by atoms with Crippen LogP contribution in [-0.2, 0) is 6.61 Å². The quantitative estimate of drug-likeness (QED) is 0.444. The molecule has 4 heteroatoms. The van der Waals surface area contributed by atoms with E-state index in [0.29, 0.717) is 18.0 Å². The van der Waals surface area contributed by atoms with Crippen LogP contribution in [0.3, 0.4) is 0 Å². The molecule has 0 saturated carbocycles. The van der Waals surface area contributed by atoms with Gasteiger partial charge in [-0.3, -0.25) is 0 Å². The highest BCUT2D eigenvalue weighted by atomic mass is 16.5. The van der Waals surface area contributed by atoms with Crippen LogP contribution in [0.5, 0.6) is 5.75 Å². The molecule has 0 aliphatic carbocycles. The van der Waals surface area contributed by atoms with E-state index in [0.717, 1.165) is 33.5 Å². The van der Waals surface area contributed by atoms with Crippen molar-refractivity contribution >= 4 is 22.7 Å². The summed E-state index contributed by atoms with van der Waals surface area (Å²) in [5.74, 6) is 1.37. The Morgan fingerprint density at radius 2 is 1.72 bits per heavy atom. The van der Waals surface area contributed by atoms with Crippen molar-refractivity contribution in [3.05, 3.63) is 94.8 Å². The number of aromatic amines is 1. The van der Waals surface area contributed by atoms with Gasteiger partial charge in [0, 0.05) is 0 Å². The highest BCUT2D eigenvalue weighted by Crippen LogP contribution is 2.21. The van der Waals surface area contributed by atoms with Gasteiger partial charge in [-0.15, -0.1) is 0 Å². The van der Waals surface area contributed by atoms with Crippen molar-refractivity contribution in [3.8, 4) is 11.8 Å². The molecule has 0 saturated heterocycles. The molecule has 4 rings (SSSR count). The molecule has 0 spiro atoms. The molecule has 0 radical (unpaired) electrons. The molecule has 0 fully saturated rings. The van der Waals surface area contributed by atoms with Crippen molar-refractivity contribution in [2.75, 3.05) is 0 Å². The van der Waals surface area contributed by atoms with Gasteiger partial charge in [-0.05, 0) is 60.9 Å². The lowest BCUT2D eigenvalue weighted by Crippen LogP contribution is -1.95. The van der Waals surface area contributed by atoms with Crippen LogP contribution in [-0.4, -0.2) is 9.97 Å². The number of nitriles is 1. The van der Waals surface area contributed by atoms with E-state index < -0.39 is 0 Å². The van der Waals surface area contributed by atoms with Crippen molar-refractivity contribution in [2.45, 2.75) is 20.5 Å². The van der Waals surface area contributed by atoms with E-state index in [1.54, 1.807) is 0 Å². The fourth-order valence-corrected chi connectivity index (χ4v) is 3.08. The Balaban J connectivity index is 1.50. The first kappa shape index (κ1) is 18.5. The number of aromatic nitrogens is 2. The van der Waals surface area contributed by atoms with Gasteiger partial charge in [0.15, 0.2) is 0 Å². The standard InChI is InChI=1S/C25H21N3O/c1-17-3-6-20(7-4-17)16-29-22-10-8-19(9-11-22)14-21(15-26)25-27-23-12-5-18(2)13-24(23)28-25/h3-14H,16H2,1-2H3,(H,27,28). The van der Waals surface area contributed by atoms with Gasteiger partial charge in [0.25, 0.3) is 0 Å². The molecule has 1 aromatic heterocycles. The van der Waals surface area contributed by atoms with Crippen molar-refractivity contribution in [2.24, 2.45) is 0 Å². The number of fused-ring (bicyclic) bond motifs is 1. The number of nitrogens with one attached hydrogen (secondary N) is 1. The molecule has 3 aromatic carbocycles. The van der Waals surface area contributed by atoms with Crippen LogP contribution in [0.2, 0.25) is 0 Å². The molecule has 0 amide bonds. The number of allylic oxidation sites excluding steroid dienone is 1. The molecule has 0 bridgehead atoms. The SMILES string of the molecule is Cc1ccc(COc2ccc(C=C(C#N)c3nc4ccc(C)cc4[nH]3)cc2)cc1. The number of H-pyrrole nitrogens is 1. The third-order valence-electron chi connectivity index (χ3n) is 4.73. The van der Waals surface area contributed by atoms with E-state index in [1.807, 2.05) is 55.5 Å². The molecule has 0 aliphatic heterocycles. The first-order valence-electron chi connectivity index (χ1n) is 9.48. The summed E-state index contributed by atoms with van der Waals surface area (Å²) in [5, 5.41) is 9.60. The van der Waals surface area contributed by atoms with Gasteiger partial charge in [-0.2, -0.15) is 5.26 Å². The lowest BCUT2D eigenvalue weighted by Gasteiger charge is -2.07. The Hall–Kier alpha value is -3.84. The minimum absolute atomic E-state index is 0.493. The molecule has 142 valence electrons. The van der Waals surface area contributed by atoms with Crippen LogP contribution in [0, 0.1) is 25.2 Å². The van der Waals surface area contributed by atoms with Gasteiger partial charge in [0.05, 0.1) is 16.6 Å². The Morgan fingerprint density at radius 3 is 2.45 bits per heavy atom. The summed E-state index contributed by atoms with van der Waals surface area (Å²) in [6.07, 6.45) is 1.83.